The van der Waals surface area contributed by atoms with E-state index < -0.39 is 33.9 Å². The number of benzene rings is 1. The number of carbonyl (C=O) groups excluding carboxylic acids is 1. The van der Waals surface area contributed by atoms with Crippen LogP contribution in [0.3, 0.4) is 0 Å². The van der Waals surface area contributed by atoms with Crippen LogP contribution in [-0.4, -0.2) is 56.3 Å². The van der Waals surface area contributed by atoms with Gasteiger partial charge in [0.2, 0.25) is 0 Å². The van der Waals surface area contributed by atoms with Gasteiger partial charge in [0.1, 0.15) is 11.2 Å². The average molecular weight is 457 g/mol. The molecule has 4 rings (SSSR count). The van der Waals surface area contributed by atoms with Crippen molar-refractivity contribution in [3.05, 3.63) is 35.0 Å². The van der Waals surface area contributed by atoms with Gasteiger partial charge in [-0.05, 0) is 55.0 Å². The normalized spacial score (nSPS) is 21.1. The van der Waals surface area contributed by atoms with E-state index in [0.29, 0.717) is 17.5 Å². The summed E-state index contributed by atoms with van der Waals surface area (Å²) >= 11 is 0. The Balaban J connectivity index is 1.61. The maximum Gasteiger partial charge on any atom is 0.573 e. The minimum Gasteiger partial charge on any atom is -0.403 e. The van der Waals surface area contributed by atoms with Crippen LogP contribution in [0.5, 0.6) is 5.75 Å². The number of amides is 1. The lowest BCUT2D eigenvalue weighted by molar-refractivity contribution is -0.274. The number of nitrogens with zero attached hydrogens (tertiary/aromatic N) is 1. The number of hydrogen-bond donors (Lipinski definition) is 2. The first-order valence-corrected chi connectivity index (χ1v) is 11.8. The molecule has 11 heteroatoms. The van der Waals surface area contributed by atoms with E-state index in [1.807, 2.05) is 0 Å². The van der Waals surface area contributed by atoms with Crippen molar-refractivity contribution in [2.75, 3.05) is 24.6 Å². The molecule has 1 saturated carbocycles. The van der Waals surface area contributed by atoms with Crippen LogP contribution in [0.4, 0.5) is 13.2 Å². The average Bonchev–Trinajstić information content (AvgIpc) is 3.49. The number of fused-ring (bicyclic) bond motifs is 1. The van der Waals surface area contributed by atoms with Gasteiger partial charge in [-0.2, -0.15) is 0 Å². The minimum absolute atomic E-state index is 0.0368. The third-order valence-electron chi connectivity index (χ3n) is 5.42. The van der Waals surface area contributed by atoms with E-state index >= 15 is 0 Å². The Kier molecular flexibility index (Phi) is 5.59. The van der Waals surface area contributed by atoms with Crippen molar-refractivity contribution >= 4 is 26.6 Å². The number of hydrogen-bond acceptors (Lipinski definition) is 6. The van der Waals surface area contributed by atoms with Gasteiger partial charge in [0.25, 0.3) is 5.91 Å². The highest BCUT2D eigenvalue weighted by Crippen LogP contribution is 2.44. The Hall–Kier alpha value is -2.40. The molecule has 1 aliphatic heterocycles. The van der Waals surface area contributed by atoms with E-state index in [2.05, 4.69) is 20.4 Å². The predicted molar refractivity (Wildman–Crippen MR) is 108 cm³/mol. The predicted octanol–water partition coefficient (Wildman–Crippen LogP) is 2.44. The van der Waals surface area contributed by atoms with Crippen molar-refractivity contribution in [1.82, 2.24) is 15.6 Å². The zero-order chi connectivity index (χ0) is 22.4. The lowest BCUT2D eigenvalue weighted by Gasteiger charge is -2.23. The Morgan fingerprint density at radius 3 is 2.68 bits per heavy atom. The number of aryl methyl sites for hydroxylation is 1. The molecule has 0 unspecified atom stereocenters. The molecule has 1 atom stereocenters. The van der Waals surface area contributed by atoms with E-state index in [1.54, 1.807) is 13.0 Å². The molecule has 31 heavy (non-hydrogen) atoms. The SMILES string of the molecule is Cc1cc(C(=O)NC[C@@H]2CS(=O)(=O)CCN2)nc2c(OC(F)(F)F)cc(C3CC3)cc12. The second-order valence-corrected chi connectivity index (χ2v) is 10.3. The molecule has 2 heterocycles. The van der Waals surface area contributed by atoms with Gasteiger partial charge in [0.15, 0.2) is 15.6 Å². The summed E-state index contributed by atoms with van der Waals surface area (Å²) in [6, 6.07) is 4.22. The fourth-order valence-electron chi connectivity index (χ4n) is 3.76. The number of sulfone groups is 1. The molecule has 7 nitrogen and oxygen atoms in total. The van der Waals surface area contributed by atoms with Crippen molar-refractivity contribution in [1.29, 1.82) is 0 Å². The largest absolute Gasteiger partial charge is 0.573 e. The standard InChI is InChI=1S/C20H22F3N3O4S/c1-11-6-16(19(27)25-9-14-10-31(28,29)5-4-24-14)26-18-15(11)7-13(12-2-3-12)8-17(18)30-20(21,22)23/h6-8,12,14,24H,2-5,9-10H2,1H3,(H,25,27)/t14-/m1/s1. The van der Waals surface area contributed by atoms with Gasteiger partial charge >= 0.3 is 6.36 Å². The summed E-state index contributed by atoms with van der Waals surface area (Å²) < 4.78 is 66.6. The van der Waals surface area contributed by atoms with Crippen LogP contribution in [0.2, 0.25) is 0 Å². The monoisotopic (exact) mass is 457 g/mol. The van der Waals surface area contributed by atoms with Crippen molar-refractivity contribution < 1.29 is 31.1 Å². The second kappa shape index (κ2) is 7.94. The van der Waals surface area contributed by atoms with E-state index in [1.165, 1.54) is 12.1 Å². The molecular formula is C20H22F3N3O4S. The molecule has 1 aromatic carbocycles. The van der Waals surface area contributed by atoms with Gasteiger partial charge < -0.3 is 15.4 Å². The summed E-state index contributed by atoms with van der Waals surface area (Å²) in [4.78, 5) is 16.8. The zero-order valence-corrected chi connectivity index (χ0v) is 17.6. The van der Waals surface area contributed by atoms with Crippen LogP contribution in [0.25, 0.3) is 10.9 Å². The molecule has 1 aromatic heterocycles. The number of halogens is 3. The van der Waals surface area contributed by atoms with Gasteiger partial charge in [-0.15, -0.1) is 13.2 Å². The number of pyridine rings is 1. The smallest absolute Gasteiger partial charge is 0.403 e. The Morgan fingerprint density at radius 2 is 2.03 bits per heavy atom. The van der Waals surface area contributed by atoms with Crippen LogP contribution in [0.15, 0.2) is 18.2 Å². The molecule has 0 spiro atoms. The highest BCUT2D eigenvalue weighted by molar-refractivity contribution is 7.91. The number of carbonyl (C=O) groups is 1. The van der Waals surface area contributed by atoms with Crippen molar-refractivity contribution in [2.24, 2.45) is 0 Å². The first-order valence-electron chi connectivity index (χ1n) is 9.94. The third kappa shape index (κ3) is 5.27. The van der Waals surface area contributed by atoms with Crippen molar-refractivity contribution in [3.63, 3.8) is 0 Å². The maximum absolute atomic E-state index is 13.0. The molecular weight excluding hydrogens is 435 g/mol. The van der Waals surface area contributed by atoms with Gasteiger partial charge in [-0.1, -0.05) is 0 Å². The van der Waals surface area contributed by atoms with E-state index in [9.17, 15) is 26.4 Å². The summed E-state index contributed by atoms with van der Waals surface area (Å²) in [5.41, 5.74) is 1.27. The third-order valence-corrected chi connectivity index (χ3v) is 7.16. The van der Waals surface area contributed by atoms with Crippen LogP contribution >= 0.6 is 0 Å². The molecule has 1 aliphatic carbocycles. The molecule has 1 amide bonds. The van der Waals surface area contributed by atoms with Crippen LogP contribution < -0.4 is 15.4 Å². The van der Waals surface area contributed by atoms with Gasteiger partial charge in [0, 0.05) is 24.5 Å². The van der Waals surface area contributed by atoms with Crippen LogP contribution in [-0.2, 0) is 9.84 Å². The Bertz CT molecular complexity index is 1130. The Labute approximate surface area is 177 Å². The number of alkyl halides is 3. The van der Waals surface area contributed by atoms with E-state index in [4.69, 9.17) is 0 Å². The molecule has 2 fully saturated rings. The molecule has 2 aliphatic rings. The summed E-state index contributed by atoms with van der Waals surface area (Å²) in [6.07, 6.45) is -3.06. The first-order chi connectivity index (χ1) is 14.5. The molecule has 0 bridgehead atoms. The van der Waals surface area contributed by atoms with Gasteiger partial charge in [-0.3, -0.25) is 4.79 Å². The van der Waals surface area contributed by atoms with Crippen molar-refractivity contribution in [2.45, 2.75) is 38.1 Å². The topological polar surface area (TPSA) is 97.4 Å². The highest BCUT2D eigenvalue weighted by Gasteiger charge is 2.34. The summed E-state index contributed by atoms with van der Waals surface area (Å²) in [7, 11) is -3.16. The number of nitrogens with one attached hydrogen (secondary N) is 2. The van der Waals surface area contributed by atoms with E-state index in [-0.39, 0.29) is 35.2 Å². The first kappa shape index (κ1) is 21.8. The molecule has 0 radical (unpaired) electrons. The minimum atomic E-state index is -4.89. The summed E-state index contributed by atoms with van der Waals surface area (Å²) in [6.45, 7) is 2.06. The summed E-state index contributed by atoms with van der Waals surface area (Å²) in [5, 5.41) is 6.14. The van der Waals surface area contributed by atoms with Crippen LogP contribution in [0, 0.1) is 6.92 Å². The van der Waals surface area contributed by atoms with Crippen molar-refractivity contribution in [3.8, 4) is 5.75 Å². The van der Waals surface area contributed by atoms with Crippen LogP contribution in [0.1, 0.15) is 40.4 Å². The zero-order valence-electron chi connectivity index (χ0n) is 16.8. The fraction of sp³-hybridized carbons (Fsp3) is 0.500. The maximum atomic E-state index is 13.0. The molecule has 168 valence electrons. The Morgan fingerprint density at radius 1 is 1.29 bits per heavy atom. The van der Waals surface area contributed by atoms with E-state index in [0.717, 1.165) is 18.4 Å². The fourth-order valence-corrected chi connectivity index (χ4v) is 5.20. The highest BCUT2D eigenvalue weighted by atomic mass is 32.2. The number of aromatic nitrogens is 1. The second-order valence-electron chi connectivity index (χ2n) is 8.04. The number of ether oxygens (including phenoxy) is 1. The summed E-state index contributed by atoms with van der Waals surface area (Å²) in [5.74, 6) is -0.858. The molecule has 2 aromatic rings. The lowest BCUT2D eigenvalue weighted by Crippen LogP contribution is -2.50. The van der Waals surface area contributed by atoms with Gasteiger partial charge in [0.05, 0.1) is 11.5 Å². The quantitative estimate of drug-likeness (QED) is 0.716. The molecule has 1 saturated heterocycles. The molecule has 2 N–H and O–H groups in total. The number of rotatable bonds is 5. The lowest BCUT2D eigenvalue weighted by atomic mass is 10.0. The van der Waals surface area contributed by atoms with Gasteiger partial charge in [-0.25, -0.2) is 13.4 Å².